The number of hydrogen-bond donors (Lipinski definition) is 1. The molecule has 0 amide bonds. The third kappa shape index (κ3) is 2.48. The highest BCUT2D eigenvalue weighted by Crippen LogP contribution is 2.40. The Labute approximate surface area is 76.2 Å². The van der Waals surface area contributed by atoms with Gasteiger partial charge in [0.05, 0.1) is 6.10 Å². The fourth-order valence-electron chi connectivity index (χ4n) is 2.42. The van der Waals surface area contributed by atoms with E-state index < -0.39 is 0 Å². The first kappa shape index (κ1) is 10.0. The van der Waals surface area contributed by atoms with Crippen LogP contribution in [0.5, 0.6) is 0 Å². The summed E-state index contributed by atoms with van der Waals surface area (Å²) in [5.74, 6) is 0.568. The van der Waals surface area contributed by atoms with E-state index in [-0.39, 0.29) is 6.10 Å². The van der Waals surface area contributed by atoms with Gasteiger partial charge in [-0.25, -0.2) is 0 Å². The zero-order valence-corrected chi connectivity index (χ0v) is 8.64. The molecular formula is C11H22O. The third-order valence-electron chi connectivity index (χ3n) is 3.21. The summed E-state index contributed by atoms with van der Waals surface area (Å²) in [5.41, 5.74) is 0.471. The molecule has 1 aliphatic rings. The second-order valence-electron chi connectivity index (χ2n) is 5.00. The van der Waals surface area contributed by atoms with Crippen LogP contribution in [0.4, 0.5) is 0 Å². The maximum absolute atomic E-state index is 9.71. The Bertz CT molecular complexity index is 140. The van der Waals surface area contributed by atoms with E-state index in [0.717, 1.165) is 6.42 Å². The summed E-state index contributed by atoms with van der Waals surface area (Å²) in [5, 5.41) is 9.71. The molecule has 72 valence electrons. The van der Waals surface area contributed by atoms with Crippen molar-refractivity contribution in [3.8, 4) is 0 Å². The zero-order chi connectivity index (χ0) is 9.19. The Morgan fingerprint density at radius 3 is 2.67 bits per heavy atom. The summed E-state index contributed by atoms with van der Waals surface area (Å²) in [4.78, 5) is 0. The van der Waals surface area contributed by atoms with Crippen LogP contribution >= 0.6 is 0 Å². The highest BCUT2D eigenvalue weighted by atomic mass is 16.3. The fourth-order valence-corrected chi connectivity index (χ4v) is 2.42. The van der Waals surface area contributed by atoms with Crippen molar-refractivity contribution < 1.29 is 5.11 Å². The quantitative estimate of drug-likeness (QED) is 0.675. The van der Waals surface area contributed by atoms with Crippen LogP contribution in [-0.4, -0.2) is 11.2 Å². The van der Waals surface area contributed by atoms with Crippen LogP contribution in [0.25, 0.3) is 0 Å². The molecule has 0 aromatic carbocycles. The van der Waals surface area contributed by atoms with Crippen LogP contribution < -0.4 is 0 Å². The van der Waals surface area contributed by atoms with Gasteiger partial charge in [0.25, 0.3) is 0 Å². The molecule has 1 aliphatic carbocycles. The van der Waals surface area contributed by atoms with Gasteiger partial charge < -0.3 is 5.11 Å². The van der Waals surface area contributed by atoms with E-state index >= 15 is 0 Å². The molecular weight excluding hydrogens is 148 g/mol. The van der Waals surface area contributed by atoms with Gasteiger partial charge in [-0.05, 0) is 37.0 Å². The lowest BCUT2D eigenvalue weighted by molar-refractivity contribution is 0.0445. The molecule has 0 aromatic rings. The first-order valence-electron chi connectivity index (χ1n) is 5.23. The van der Waals surface area contributed by atoms with Crippen molar-refractivity contribution in [2.75, 3.05) is 0 Å². The van der Waals surface area contributed by atoms with Crippen molar-refractivity contribution in [2.45, 2.75) is 59.0 Å². The second kappa shape index (κ2) is 3.78. The normalized spacial score (nSPS) is 31.5. The summed E-state index contributed by atoms with van der Waals surface area (Å²) in [7, 11) is 0. The minimum Gasteiger partial charge on any atom is -0.393 e. The molecule has 0 aromatic heterocycles. The first-order valence-corrected chi connectivity index (χ1v) is 5.23. The van der Waals surface area contributed by atoms with Crippen molar-refractivity contribution in [2.24, 2.45) is 11.3 Å². The zero-order valence-electron chi connectivity index (χ0n) is 8.64. The summed E-state index contributed by atoms with van der Waals surface area (Å²) in [6.45, 7) is 6.72. The summed E-state index contributed by atoms with van der Waals surface area (Å²) >= 11 is 0. The molecule has 1 N–H and O–H groups in total. The summed E-state index contributed by atoms with van der Waals surface area (Å²) < 4.78 is 0. The monoisotopic (exact) mass is 170 g/mol. The van der Waals surface area contributed by atoms with Crippen LogP contribution in [0.2, 0.25) is 0 Å². The maximum Gasteiger partial charge on any atom is 0.0566 e. The SMILES string of the molecule is CCC(O)C1CCCC(C)(C)C1. The molecule has 12 heavy (non-hydrogen) atoms. The summed E-state index contributed by atoms with van der Waals surface area (Å²) in [6.07, 6.45) is 5.94. The predicted octanol–water partition coefficient (Wildman–Crippen LogP) is 2.97. The highest BCUT2D eigenvalue weighted by Gasteiger charge is 2.30. The van der Waals surface area contributed by atoms with Crippen LogP contribution in [-0.2, 0) is 0 Å². The van der Waals surface area contributed by atoms with Crippen LogP contribution in [0.3, 0.4) is 0 Å². The molecule has 1 fully saturated rings. The van der Waals surface area contributed by atoms with Gasteiger partial charge in [0.2, 0.25) is 0 Å². The van der Waals surface area contributed by atoms with Gasteiger partial charge in [0.1, 0.15) is 0 Å². The molecule has 1 rings (SSSR count). The molecule has 1 heteroatoms. The Morgan fingerprint density at radius 1 is 1.50 bits per heavy atom. The minimum atomic E-state index is -0.0513. The molecule has 0 aliphatic heterocycles. The maximum atomic E-state index is 9.71. The first-order chi connectivity index (χ1) is 5.55. The smallest absolute Gasteiger partial charge is 0.0566 e. The number of hydrogen-bond acceptors (Lipinski definition) is 1. The van der Waals surface area contributed by atoms with Crippen molar-refractivity contribution in [3.63, 3.8) is 0 Å². The van der Waals surface area contributed by atoms with E-state index in [4.69, 9.17) is 0 Å². The molecule has 2 unspecified atom stereocenters. The van der Waals surface area contributed by atoms with Crippen LogP contribution in [0, 0.1) is 11.3 Å². The highest BCUT2D eigenvalue weighted by molar-refractivity contribution is 4.82. The van der Waals surface area contributed by atoms with Gasteiger partial charge in [-0.3, -0.25) is 0 Å². The standard InChI is InChI=1S/C11H22O/c1-4-10(12)9-6-5-7-11(2,3)8-9/h9-10,12H,4-8H2,1-3H3. The van der Waals surface area contributed by atoms with E-state index in [1.165, 1.54) is 25.7 Å². The lowest BCUT2D eigenvalue weighted by Gasteiger charge is -2.37. The van der Waals surface area contributed by atoms with E-state index in [2.05, 4.69) is 20.8 Å². The molecule has 1 saturated carbocycles. The lowest BCUT2D eigenvalue weighted by atomic mass is 9.70. The largest absolute Gasteiger partial charge is 0.393 e. The predicted molar refractivity (Wildman–Crippen MR) is 52.0 cm³/mol. The number of rotatable bonds is 2. The lowest BCUT2D eigenvalue weighted by Crippen LogP contribution is -2.30. The second-order valence-corrected chi connectivity index (χ2v) is 5.00. The van der Waals surface area contributed by atoms with Gasteiger partial charge in [0, 0.05) is 0 Å². The van der Waals surface area contributed by atoms with E-state index in [9.17, 15) is 5.11 Å². The Morgan fingerprint density at radius 2 is 2.17 bits per heavy atom. The van der Waals surface area contributed by atoms with Gasteiger partial charge in [-0.2, -0.15) is 0 Å². The topological polar surface area (TPSA) is 20.2 Å². The molecule has 0 bridgehead atoms. The third-order valence-corrected chi connectivity index (χ3v) is 3.21. The van der Waals surface area contributed by atoms with E-state index in [1.54, 1.807) is 0 Å². The van der Waals surface area contributed by atoms with Crippen LogP contribution in [0.1, 0.15) is 52.9 Å². The Hall–Kier alpha value is -0.0400. The molecule has 0 heterocycles. The van der Waals surface area contributed by atoms with Gasteiger partial charge >= 0.3 is 0 Å². The van der Waals surface area contributed by atoms with Gasteiger partial charge in [-0.1, -0.05) is 27.2 Å². The van der Waals surface area contributed by atoms with Crippen molar-refractivity contribution in [1.29, 1.82) is 0 Å². The molecule has 1 nitrogen and oxygen atoms in total. The number of aliphatic hydroxyl groups excluding tert-OH is 1. The molecule has 0 radical (unpaired) electrons. The van der Waals surface area contributed by atoms with Crippen molar-refractivity contribution in [1.82, 2.24) is 0 Å². The minimum absolute atomic E-state index is 0.0513. The van der Waals surface area contributed by atoms with Crippen LogP contribution in [0.15, 0.2) is 0 Å². The van der Waals surface area contributed by atoms with Crippen molar-refractivity contribution in [3.05, 3.63) is 0 Å². The average Bonchev–Trinajstić information content (AvgIpc) is 2.01. The summed E-state index contributed by atoms with van der Waals surface area (Å²) in [6, 6.07) is 0. The molecule has 0 saturated heterocycles. The number of aliphatic hydroxyl groups is 1. The van der Waals surface area contributed by atoms with E-state index in [1.807, 2.05) is 0 Å². The Kier molecular flexibility index (Phi) is 3.16. The van der Waals surface area contributed by atoms with Gasteiger partial charge in [-0.15, -0.1) is 0 Å². The average molecular weight is 170 g/mol. The molecule has 0 spiro atoms. The van der Waals surface area contributed by atoms with E-state index in [0.29, 0.717) is 11.3 Å². The molecule has 2 atom stereocenters. The Balaban J connectivity index is 2.46. The van der Waals surface area contributed by atoms with Gasteiger partial charge in [0.15, 0.2) is 0 Å². The fraction of sp³-hybridized carbons (Fsp3) is 1.00. The van der Waals surface area contributed by atoms with Crippen molar-refractivity contribution >= 4 is 0 Å².